The number of hydrogen-bond donors (Lipinski definition) is 0. The predicted molar refractivity (Wildman–Crippen MR) is 262 cm³/mol. The molecule has 2 aromatic heterocycles. The third-order valence-electron chi connectivity index (χ3n) is 12.3. The zero-order valence-electron chi connectivity index (χ0n) is 33.1. The Kier molecular flexibility index (Phi) is 8.36. The highest BCUT2D eigenvalue weighted by atomic mass is 79.9. The highest BCUT2D eigenvalue weighted by Crippen LogP contribution is 2.41. The molecule has 0 aliphatic heterocycles. The van der Waals surface area contributed by atoms with Gasteiger partial charge in [0.15, 0.2) is 0 Å². The van der Waals surface area contributed by atoms with E-state index in [1.54, 1.807) is 0 Å². The number of para-hydroxylation sites is 3. The van der Waals surface area contributed by atoms with Gasteiger partial charge in [-0.25, -0.2) is 0 Å². The van der Waals surface area contributed by atoms with E-state index in [0.717, 1.165) is 15.8 Å². The van der Waals surface area contributed by atoms with Crippen molar-refractivity contribution >= 4 is 70.3 Å². The van der Waals surface area contributed by atoms with Crippen molar-refractivity contribution in [1.82, 2.24) is 9.13 Å². The standard InChI is InChI=1S/C58H37BrN2/c59-46-32-42(40-26-28-57-53(36-40)51-21-9-11-24-55(51)60(57)47-18-5-2-6-19-47)30-43(33-46)41-27-29-58-54(37-41)52-22-10-12-25-56(52)61(58)48-34-44(38-14-3-1-4-15-38)31-45(35-48)50-23-13-17-39-16-7-8-20-49(39)50/h1-37H. The molecule has 0 saturated carbocycles. The van der Waals surface area contributed by atoms with Crippen LogP contribution >= 0.6 is 15.9 Å². The number of benzene rings is 10. The topological polar surface area (TPSA) is 9.86 Å². The van der Waals surface area contributed by atoms with Crippen LogP contribution in [0.5, 0.6) is 0 Å². The summed E-state index contributed by atoms with van der Waals surface area (Å²) in [6, 6.07) is 82.0. The van der Waals surface area contributed by atoms with Crippen molar-refractivity contribution in [2.45, 2.75) is 0 Å². The third-order valence-corrected chi connectivity index (χ3v) is 12.8. The first kappa shape index (κ1) is 35.5. The van der Waals surface area contributed by atoms with Gasteiger partial charge in [-0.3, -0.25) is 0 Å². The van der Waals surface area contributed by atoms with Gasteiger partial charge in [0, 0.05) is 37.4 Å². The maximum atomic E-state index is 3.91. The summed E-state index contributed by atoms with van der Waals surface area (Å²) in [5.74, 6) is 0. The van der Waals surface area contributed by atoms with Gasteiger partial charge in [0.2, 0.25) is 0 Å². The molecule has 0 N–H and O–H groups in total. The Morgan fingerprint density at radius 2 is 0.738 bits per heavy atom. The lowest BCUT2D eigenvalue weighted by Crippen LogP contribution is -1.96. The molecular formula is C58H37BrN2. The van der Waals surface area contributed by atoms with Gasteiger partial charge in [0.1, 0.15) is 0 Å². The molecule has 12 aromatic rings. The predicted octanol–water partition coefficient (Wildman–Crippen LogP) is 16.5. The fourth-order valence-corrected chi connectivity index (χ4v) is 10.0. The first-order valence-electron chi connectivity index (χ1n) is 20.8. The third kappa shape index (κ3) is 6.00. The second kappa shape index (κ2) is 14.4. The highest BCUT2D eigenvalue weighted by molar-refractivity contribution is 9.10. The first-order valence-corrected chi connectivity index (χ1v) is 21.6. The normalized spacial score (nSPS) is 11.7. The lowest BCUT2D eigenvalue weighted by Gasteiger charge is -2.15. The second-order valence-electron chi connectivity index (χ2n) is 15.9. The molecule has 2 nitrogen and oxygen atoms in total. The molecule has 0 amide bonds. The minimum absolute atomic E-state index is 1.05. The molecule has 61 heavy (non-hydrogen) atoms. The molecule has 12 rings (SSSR count). The molecule has 10 aromatic carbocycles. The van der Waals surface area contributed by atoms with Gasteiger partial charge < -0.3 is 9.13 Å². The molecule has 0 fully saturated rings. The summed E-state index contributed by atoms with van der Waals surface area (Å²) >= 11 is 3.91. The molecular weight excluding hydrogens is 805 g/mol. The van der Waals surface area contributed by atoms with Gasteiger partial charge in [0.25, 0.3) is 0 Å². The van der Waals surface area contributed by atoms with Crippen molar-refractivity contribution in [2.24, 2.45) is 0 Å². The van der Waals surface area contributed by atoms with Crippen LogP contribution in [0.4, 0.5) is 0 Å². The number of aromatic nitrogens is 2. The largest absolute Gasteiger partial charge is 0.309 e. The SMILES string of the molecule is Brc1cc(-c2ccc3c(c2)c2ccccc2n3-c2ccccc2)cc(-c2ccc3c(c2)c2ccccc2n3-c2cc(-c3ccccc3)cc(-c3cccc4ccccc34)c2)c1. The fraction of sp³-hybridized carbons (Fsp3) is 0. The van der Waals surface area contributed by atoms with Gasteiger partial charge >= 0.3 is 0 Å². The van der Waals surface area contributed by atoms with Crippen molar-refractivity contribution in [1.29, 1.82) is 0 Å². The van der Waals surface area contributed by atoms with Crippen LogP contribution in [0.25, 0.3) is 110 Å². The van der Waals surface area contributed by atoms with Crippen LogP contribution in [0.3, 0.4) is 0 Å². The molecule has 0 radical (unpaired) electrons. The monoisotopic (exact) mass is 840 g/mol. The van der Waals surface area contributed by atoms with E-state index in [0.29, 0.717) is 0 Å². The molecule has 0 aliphatic carbocycles. The van der Waals surface area contributed by atoms with Gasteiger partial charge in [-0.05, 0) is 140 Å². The van der Waals surface area contributed by atoms with E-state index < -0.39 is 0 Å². The summed E-state index contributed by atoms with van der Waals surface area (Å²) in [6.07, 6.45) is 0. The number of nitrogens with zero attached hydrogens (tertiary/aromatic N) is 2. The van der Waals surface area contributed by atoms with Crippen LogP contribution in [-0.2, 0) is 0 Å². The Labute approximate surface area is 362 Å². The molecule has 0 spiro atoms. The van der Waals surface area contributed by atoms with E-state index in [2.05, 4.69) is 250 Å². The van der Waals surface area contributed by atoms with Crippen LogP contribution < -0.4 is 0 Å². The van der Waals surface area contributed by atoms with Crippen molar-refractivity contribution in [2.75, 3.05) is 0 Å². The minimum Gasteiger partial charge on any atom is -0.309 e. The number of rotatable bonds is 6. The van der Waals surface area contributed by atoms with E-state index in [9.17, 15) is 0 Å². The molecule has 286 valence electrons. The number of halogens is 1. The van der Waals surface area contributed by atoms with Crippen LogP contribution in [0.2, 0.25) is 0 Å². The maximum absolute atomic E-state index is 3.91. The van der Waals surface area contributed by atoms with Crippen LogP contribution in [0, 0.1) is 0 Å². The fourth-order valence-electron chi connectivity index (χ4n) is 9.53. The zero-order chi connectivity index (χ0) is 40.4. The lowest BCUT2D eigenvalue weighted by atomic mass is 9.94. The second-order valence-corrected chi connectivity index (χ2v) is 16.8. The first-order chi connectivity index (χ1) is 30.1. The zero-order valence-corrected chi connectivity index (χ0v) is 34.7. The van der Waals surface area contributed by atoms with Crippen molar-refractivity contribution in [3.63, 3.8) is 0 Å². The molecule has 3 heteroatoms. The molecule has 0 saturated heterocycles. The maximum Gasteiger partial charge on any atom is 0.0541 e. The van der Waals surface area contributed by atoms with Crippen LogP contribution in [-0.4, -0.2) is 9.13 Å². The Balaban J connectivity index is 1.01. The van der Waals surface area contributed by atoms with E-state index in [-0.39, 0.29) is 0 Å². The van der Waals surface area contributed by atoms with Gasteiger partial charge in [-0.1, -0.05) is 155 Å². The minimum atomic E-state index is 1.05. The van der Waals surface area contributed by atoms with E-state index in [4.69, 9.17) is 0 Å². The van der Waals surface area contributed by atoms with Gasteiger partial charge in [-0.15, -0.1) is 0 Å². The summed E-state index contributed by atoms with van der Waals surface area (Å²) in [6.45, 7) is 0. The van der Waals surface area contributed by atoms with Gasteiger partial charge in [-0.2, -0.15) is 0 Å². The average Bonchev–Trinajstić information content (AvgIpc) is 3.84. The van der Waals surface area contributed by atoms with Crippen molar-refractivity contribution in [3.05, 3.63) is 229 Å². The summed E-state index contributed by atoms with van der Waals surface area (Å²) in [7, 11) is 0. The Bertz CT molecular complexity index is 3650. The van der Waals surface area contributed by atoms with E-state index >= 15 is 0 Å². The van der Waals surface area contributed by atoms with Gasteiger partial charge in [0.05, 0.1) is 22.1 Å². The molecule has 0 unspecified atom stereocenters. The number of hydrogen-bond acceptors (Lipinski definition) is 0. The van der Waals surface area contributed by atoms with E-state index in [1.165, 1.54) is 98.9 Å². The average molecular weight is 842 g/mol. The Morgan fingerprint density at radius 1 is 0.262 bits per heavy atom. The van der Waals surface area contributed by atoms with E-state index in [1.807, 2.05) is 0 Å². The Morgan fingerprint density at radius 3 is 1.39 bits per heavy atom. The number of fused-ring (bicyclic) bond motifs is 7. The Hall–Kier alpha value is -7.46. The van der Waals surface area contributed by atoms with Crippen molar-refractivity contribution in [3.8, 4) is 55.9 Å². The summed E-state index contributed by atoms with van der Waals surface area (Å²) < 4.78 is 5.87. The highest BCUT2D eigenvalue weighted by Gasteiger charge is 2.18. The summed E-state index contributed by atoms with van der Waals surface area (Å²) in [5.41, 5.74) is 16.6. The smallest absolute Gasteiger partial charge is 0.0541 e. The van der Waals surface area contributed by atoms with Crippen LogP contribution in [0.15, 0.2) is 229 Å². The molecule has 0 bridgehead atoms. The van der Waals surface area contributed by atoms with Crippen LogP contribution in [0.1, 0.15) is 0 Å². The molecule has 0 atom stereocenters. The summed E-state index contributed by atoms with van der Waals surface area (Å²) in [5, 5.41) is 7.43. The van der Waals surface area contributed by atoms with Crippen molar-refractivity contribution < 1.29 is 0 Å². The summed E-state index contributed by atoms with van der Waals surface area (Å²) in [4.78, 5) is 0. The lowest BCUT2D eigenvalue weighted by molar-refractivity contribution is 1.18. The molecule has 2 heterocycles. The quantitative estimate of drug-likeness (QED) is 0.158. The molecule has 0 aliphatic rings.